The van der Waals surface area contributed by atoms with E-state index in [9.17, 15) is 0 Å². The molecule has 18 heavy (non-hydrogen) atoms. The summed E-state index contributed by atoms with van der Waals surface area (Å²) in [5, 5.41) is 3.66. The Bertz CT molecular complexity index is 341. The molecule has 0 bridgehead atoms. The summed E-state index contributed by atoms with van der Waals surface area (Å²) in [6.45, 7) is 5.42. The standard InChI is InChI=1S/C16H25NS/c1-3-17-16(12-14-8-10-18-11-9-14)15-6-4-13(2)5-7-15/h4-7,14,16-17H,3,8-12H2,1-2H3. The van der Waals surface area contributed by atoms with E-state index in [0.29, 0.717) is 6.04 Å². The van der Waals surface area contributed by atoms with E-state index in [0.717, 1.165) is 12.5 Å². The molecule has 1 N–H and O–H groups in total. The molecule has 0 aromatic heterocycles. The van der Waals surface area contributed by atoms with Gasteiger partial charge in [-0.2, -0.15) is 11.8 Å². The summed E-state index contributed by atoms with van der Waals surface area (Å²) in [7, 11) is 0. The Morgan fingerprint density at radius 3 is 2.50 bits per heavy atom. The van der Waals surface area contributed by atoms with Crippen LogP contribution in [0.15, 0.2) is 24.3 Å². The van der Waals surface area contributed by atoms with Crippen LogP contribution < -0.4 is 5.32 Å². The second kappa shape index (κ2) is 7.20. The van der Waals surface area contributed by atoms with Gasteiger partial charge in [-0.15, -0.1) is 0 Å². The molecule has 2 heteroatoms. The van der Waals surface area contributed by atoms with Crippen molar-refractivity contribution < 1.29 is 0 Å². The van der Waals surface area contributed by atoms with Gasteiger partial charge in [-0.05, 0) is 55.7 Å². The van der Waals surface area contributed by atoms with Crippen LogP contribution >= 0.6 is 11.8 Å². The number of benzene rings is 1. The monoisotopic (exact) mass is 263 g/mol. The highest BCUT2D eigenvalue weighted by Gasteiger charge is 2.19. The summed E-state index contributed by atoms with van der Waals surface area (Å²) < 4.78 is 0. The molecular formula is C16H25NS. The summed E-state index contributed by atoms with van der Waals surface area (Å²) in [6, 6.07) is 9.59. The molecule has 1 aliphatic rings. The van der Waals surface area contributed by atoms with E-state index in [1.165, 1.54) is 41.9 Å². The van der Waals surface area contributed by atoms with E-state index in [2.05, 4.69) is 55.2 Å². The van der Waals surface area contributed by atoms with Crippen LogP contribution in [0.1, 0.15) is 43.4 Å². The van der Waals surface area contributed by atoms with Gasteiger partial charge in [-0.3, -0.25) is 0 Å². The quantitative estimate of drug-likeness (QED) is 0.855. The molecule has 0 spiro atoms. The average Bonchev–Trinajstić information content (AvgIpc) is 2.40. The molecule has 1 aromatic rings. The molecule has 0 radical (unpaired) electrons. The Morgan fingerprint density at radius 2 is 1.89 bits per heavy atom. The van der Waals surface area contributed by atoms with Crippen molar-refractivity contribution >= 4 is 11.8 Å². The van der Waals surface area contributed by atoms with Crippen molar-refractivity contribution in [2.45, 2.75) is 39.2 Å². The lowest BCUT2D eigenvalue weighted by Gasteiger charge is -2.27. The van der Waals surface area contributed by atoms with Crippen LogP contribution in [0.25, 0.3) is 0 Å². The Morgan fingerprint density at radius 1 is 1.22 bits per heavy atom. The van der Waals surface area contributed by atoms with Crippen LogP contribution in [0.3, 0.4) is 0 Å². The molecule has 1 unspecified atom stereocenters. The van der Waals surface area contributed by atoms with Crippen LogP contribution in [0.5, 0.6) is 0 Å². The first-order valence-corrected chi connectivity index (χ1v) is 8.32. The fourth-order valence-corrected chi connectivity index (χ4v) is 3.90. The number of hydrogen-bond donors (Lipinski definition) is 1. The van der Waals surface area contributed by atoms with Crippen LogP contribution in [-0.4, -0.2) is 18.1 Å². The van der Waals surface area contributed by atoms with Gasteiger partial charge in [-0.25, -0.2) is 0 Å². The predicted octanol–water partition coefficient (Wildman–Crippen LogP) is 4.18. The third kappa shape index (κ3) is 4.03. The van der Waals surface area contributed by atoms with E-state index in [1.54, 1.807) is 0 Å². The van der Waals surface area contributed by atoms with Gasteiger partial charge in [-0.1, -0.05) is 36.8 Å². The zero-order valence-electron chi connectivity index (χ0n) is 11.6. The molecule has 1 saturated heterocycles. The molecule has 2 rings (SSSR count). The van der Waals surface area contributed by atoms with Gasteiger partial charge in [0.2, 0.25) is 0 Å². The summed E-state index contributed by atoms with van der Waals surface area (Å²) in [5.74, 6) is 3.63. The summed E-state index contributed by atoms with van der Waals surface area (Å²) in [6.07, 6.45) is 4.11. The maximum atomic E-state index is 3.66. The van der Waals surface area contributed by atoms with Crippen molar-refractivity contribution in [3.8, 4) is 0 Å². The third-order valence-corrected chi connectivity index (χ3v) is 4.89. The minimum absolute atomic E-state index is 0.545. The highest BCUT2D eigenvalue weighted by molar-refractivity contribution is 7.99. The number of nitrogens with one attached hydrogen (secondary N) is 1. The third-order valence-electron chi connectivity index (χ3n) is 3.84. The molecule has 1 nitrogen and oxygen atoms in total. The smallest absolute Gasteiger partial charge is 0.0322 e. The lowest BCUT2D eigenvalue weighted by molar-refractivity contribution is 0.374. The molecule has 1 atom stereocenters. The molecular weight excluding hydrogens is 238 g/mol. The van der Waals surface area contributed by atoms with E-state index < -0.39 is 0 Å². The van der Waals surface area contributed by atoms with E-state index in [1.807, 2.05) is 0 Å². The Kier molecular flexibility index (Phi) is 5.58. The Balaban J connectivity index is 2.00. The first kappa shape index (κ1) is 14.0. The molecule has 0 saturated carbocycles. The molecule has 0 aliphatic carbocycles. The van der Waals surface area contributed by atoms with Gasteiger partial charge in [0.15, 0.2) is 0 Å². The zero-order valence-corrected chi connectivity index (χ0v) is 12.4. The number of rotatable bonds is 5. The van der Waals surface area contributed by atoms with Crippen LogP contribution in [0.4, 0.5) is 0 Å². The lowest BCUT2D eigenvalue weighted by atomic mass is 9.90. The molecule has 1 fully saturated rings. The van der Waals surface area contributed by atoms with Gasteiger partial charge < -0.3 is 5.32 Å². The van der Waals surface area contributed by atoms with E-state index in [4.69, 9.17) is 0 Å². The first-order chi connectivity index (χ1) is 8.79. The summed E-state index contributed by atoms with van der Waals surface area (Å²) in [5.41, 5.74) is 2.81. The lowest BCUT2D eigenvalue weighted by Crippen LogP contribution is -2.25. The highest BCUT2D eigenvalue weighted by Crippen LogP contribution is 2.31. The van der Waals surface area contributed by atoms with Crippen molar-refractivity contribution in [3.63, 3.8) is 0 Å². The van der Waals surface area contributed by atoms with Gasteiger partial charge >= 0.3 is 0 Å². The molecule has 1 aliphatic heterocycles. The summed E-state index contributed by atoms with van der Waals surface area (Å²) in [4.78, 5) is 0. The maximum Gasteiger partial charge on any atom is 0.0322 e. The predicted molar refractivity (Wildman–Crippen MR) is 82.3 cm³/mol. The van der Waals surface area contributed by atoms with Crippen molar-refractivity contribution in [1.29, 1.82) is 0 Å². The van der Waals surface area contributed by atoms with Crippen LogP contribution in [0.2, 0.25) is 0 Å². The molecule has 1 heterocycles. The van der Waals surface area contributed by atoms with E-state index >= 15 is 0 Å². The fraction of sp³-hybridized carbons (Fsp3) is 0.625. The second-order valence-corrected chi connectivity index (χ2v) is 6.54. The fourth-order valence-electron chi connectivity index (χ4n) is 2.70. The van der Waals surface area contributed by atoms with Crippen molar-refractivity contribution in [2.75, 3.05) is 18.1 Å². The van der Waals surface area contributed by atoms with E-state index in [-0.39, 0.29) is 0 Å². The van der Waals surface area contributed by atoms with Crippen LogP contribution in [-0.2, 0) is 0 Å². The van der Waals surface area contributed by atoms with Crippen molar-refractivity contribution in [2.24, 2.45) is 5.92 Å². The number of thioether (sulfide) groups is 1. The zero-order chi connectivity index (χ0) is 12.8. The Hall–Kier alpha value is -0.470. The summed E-state index contributed by atoms with van der Waals surface area (Å²) >= 11 is 2.12. The Labute approximate surface area is 116 Å². The second-order valence-electron chi connectivity index (χ2n) is 5.31. The number of hydrogen-bond acceptors (Lipinski definition) is 2. The normalized spacial score (nSPS) is 18.8. The topological polar surface area (TPSA) is 12.0 Å². The van der Waals surface area contributed by atoms with Gasteiger partial charge in [0.1, 0.15) is 0 Å². The molecule has 0 amide bonds. The number of aryl methyl sites for hydroxylation is 1. The largest absolute Gasteiger partial charge is 0.310 e. The minimum atomic E-state index is 0.545. The van der Waals surface area contributed by atoms with Crippen molar-refractivity contribution in [3.05, 3.63) is 35.4 Å². The first-order valence-electron chi connectivity index (χ1n) is 7.17. The molecule has 100 valence electrons. The highest BCUT2D eigenvalue weighted by atomic mass is 32.2. The van der Waals surface area contributed by atoms with Gasteiger partial charge in [0.25, 0.3) is 0 Å². The SMILES string of the molecule is CCNC(CC1CCSCC1)c1ccc(C)cc1. The van der Waals surface area contributed by atoms with Gasteiger partial charge in [0, 0.05) is 6.04 Å². The minimum Gasteiger partial charge on any atom is -0.310 e. The van der Waals surface area contributed by atoms with Crippen molar-refractivity contribution in [1.82, 2.24) is 5.32 Å². The van der Waals surface area contributed by atoms with Gasteiger partial charge in [0.05, 0.1) is 0 Å². The average molecular weight is 263 g/mol. The molecule has 1 aromatic carbocycles. The maximum absolute atomic E-state index is 3.66. The van der Waals surface area contributed by atoms with Crippen LogP contribution in [0, 0.1) is 12.8 Å².